The summed E-state index contributed by atoms with van der Waals surface area (Å²) in [6.45, 7) is 1.84. The van der Waals surface area contributed by atoms with Gasteiger partial charge in [-0.2, -0.15) is 0 Å². The van der Waals surface area contributed by atoms with Crippen molar-refractivity contribution in [1.29, 1.82) is 0 Å². The van der Waals surface area contributed by atoms with Gasteiger partial charge in [-0.1, -0.05) is 54.6 Å². The van der Waals surface area contributed by atoms with Crippen molar-refractivity contribution < 1.29 is 5.11 Å². The third-order valence-electron chi connectivity index (χ3n) is 3.37. The lowest BCUT2D eigenvalue weighted by Crippen LogP contribution is -2.04. The predicted octanol–water partition coefficient (Wildman–Crippen LogP) is 3.92. The van der Waals surface area contributed by atoms with E-state index in [-0.39, 0.29) is 6.10 Å². The fourth-order valence-corrected chi connectivity index (χ4v) is 2.62. The Morgan fingerprint density at radius 3 is 2.22 bits per heavy atom. The van der Waals surface area contributed by atoms with Crippen LogP contribution in [0.25, 0.3) is 21.5 Å². The number of benzene rings is 3. The van der Waals surface area contributed by atoms with Gasteiger partial charge in [-0.3, -0.25) is 0 Å². The zero-order valence-electron chi connectivity index (χ0n) is 10.4. The summed E-state index contributed by atoms with van der Waals surface area (Å²) in [6, 6.07) is 19.0. The highest BCUT2D eigenvalue weighted by atomic mass is 16.3. The highest BCUT2D eigenvalue weighted by molar-refractivity contribution is 6.08. The Morgan fingerprint density at radius 1 is 0.889 bits per heavy atom. The molecule has 3 aromatic rings. The van der Waals surface area contributed by atoms with Crippen LogP contribution >= 0.6 is 0 Å². The predicted molar refractivity (Wildman–Crippen MR) is 76.8 cm³/mol. The van der Waals surface area contributed by atoms with Crippen LogP contribution in [0.2, 0.25) is 0 Å². The lowest BCUT2D eigenvalue weighted by Gasteiger charge is -2.11. The summed E-state index contributed by atoms with van der Waals surface area (Å²) in [5, 5.41) is 14.7. The van der Waals surface area contributed by atoms with Crippen LogP contribution in [0.5, 0.6) is 0 Å². The Kier molecular flexibility index (Phi) is 2.77. The molecule has 1 atom stereocenters. The molecule has 0 saturated heterocycles. The molecular weight excluding hydrogens is 220 g/mol. The topological polar surface area (TPSA) is 20.2 Å². The van der Waals surface area contributed by atoms with Gasteiger partial charge in [0.05, 0.1) is 6.10 Å². The van der Waals surface area contributed by atoms with Gasteiger partial charge in [0.25, 0.3) is 0 Å². The second kappa shape index (κ2) is 4.43. The summed E-state index contributed by atoms with van der Waals surface area (Å²) in [4.78, 5) is 0. The van der Waals surface area contributed by atoms with E-state index >= 15 is 0 Å². The van der Waals surface area contributed by atoms with Gasteiger partial charge in [-0.25, -0.2) is 0 Å². The van der Waals surface area contributed by atoms with Gasteiger partial charge >= 0.3 is 0 Å². The number of hydrogen-bond donors (Lipinski definition) is 1. The van der Waals surface area contributed by atoms with E-state index in [1.807, 2.05) is 6.92 Å². The number of aliphatic hydroxyl groups excluding tert-OH is 1. The molecular formula is C17H16O. The van der Waals surface area contributed by atoms with Crippen LogP contribution in [-0.4, -0.2) is 11.2 Å². The van der Waals surface area contributed by atoms with Crippen LogP contribution in [0, 0.1) is 0 Å². The molecule has 0 aliphatic heterocycles. The molecule has 0 bridgehead atoms. The average molecular weight is 236 g/mol. The van der Waals surface area contributed by atoms with E-state index in [9.17, 15) is 5.11 Å². The van der Waals surface area contributed by atoms with E-state index in [0.717, 1.165) is 0 Å². The fraction of sp³-hybridized carbons (Fsp3) is 0.176. The van der Waals surface area contributed by atoms with E-state index < -0.39 is 0 Å². The molecule has 0 spiro atoms. The second-order valence-corrected chi connectivity index (χ2v) is 4.86. The van der Waals surface area contributed by atoms with Gasteiger partial charge in [0.1, 0.15) is 0 Å². The fourth-order valence-electron chi connectivity index (χ4n) is 2.62. The summed E-state index contributed by atoms with van der Waals surface area (Å²) < 4.78 is 0. The number of fused-ring (bicyclic) bond motifs is 3. The Labute approximate surface area is 107 Å². The normalized spacial score (nSPS) is 13.0. The second-order valence-electron chi connectivity index (χ2n) is 4.86. The zero-order valence-corrected chi connectivity index (χ0v) is 10.4. The van der Waals surface area contributed by atoms with Crippen molar-refractivity contribution in [2.24, 2.45) is 0 Å². The van der Waals surface area contributed by atoms with Crippen LogP contribution in [-0.2, 0) is 6.42 Å². The highest BCUT2D eigenvalue weighted by Gasteiger charge is 2.07. The number of rotatable bonds is 2. The Morgan fingerprint density at radius 2 is 1.50 bits per heavy atom. The van der Waals surface area contributed by atoms with Crippen LogP contribution < -0.4 is 0 Å². The van der Waals surface area contributed by atoms with E-state index in [4.69, 9.17) is 0 Å². The van der Waals surface area contributed by atoms with Gasteiger partial charge in [0.15, 0.2) is 0 Å². The Hall–Kier alpha value is -1.86. The average Bonchev–Trinajstić information content (AvgIpc) is 2.38. The van der Waals surface area contributed by atoms with Crippen LogP contribution in [0.15, 0.2) is 54.6 Å². The third kappa shape index (κ3) is 1.87. The molecule has 0 saturated carbocycles. The van der Waals surface area contributed by atoms with Gasteiger partial charge in [-0.05, 0) is 40.5 Å². The smallest absolute Gasteiger partial charge is 0.0552 e. The van der Waals surface area contributed by atoms with Crippen molar-refractivity contribution in [3.63, 3.8) is 0 Å². The Balaban J connectivity index is 2.39. The van der Waals surface area contributed by atoms with Gasteiger partial charge in [0, 0.05) is 0 Å². The molecule has 1 unspecified atom stereocenters. The molecule has 0 aliphatic carbocycles. The first-order valence-corrected chi connectivity index (χ1v) is 6.33. The summed E-state index contributed by atoms with van der Waals surface area (Å²) in [7, 11) is 0. The first kappa shape index (κ1) is 11.2. The van der Waals surface area contributed by atoms with Crippen molar-refractivity contribution >= 4 is 21.5 Å². The molecule has 1 N–H and O–H groups in total. The van der Waals surface area contributed by atoms with E-state index in [1.165, 1.54) is 27.1 Å². The minimum absolute atomic E-state index is 0.311. The molecule has 0 amide bonds. The van der Waals surface area contributed by atoms with Crippen molar-refractivity contribution in [2.45, 2.75) is 19.4 Å². The molecule has 18 heavy (non-hydrogen) atoms. The lowest BCUT2D eigenvalue weighted by atomic mass is 9.95. The van der Waals surface area contributed by atoms with Crippen molar-refractivity contribution in [3.05, 3.63) is 60.2 Å². The minimum Gasteiger partial charge on any atom is -0.393 e. The summed E-state index contributed by atoms with van der Waals surface area (Å²) in [5.74, 6) is 0. The maximum absolute atomic E-state index is 9.64. The summed E-state index contributed by atoms with van der Waals surface area (Å²) in [6.07, 6.45) is 0.389. The molecule has 0 aliphatic rings. The molecule has 0 aromatic heterocycles. The molecule has 0 fully saturated rings. The summed E-state index contributed by atoms with van der Waals surface area (Å²) in [5.41, 5.74) is 1.22. The molecule has 1 nitrogen and oxygen atoms in total. The molecule has 3 aromatic carbocycles. The van der Waals surface area contributed by atoms with Gasteiger partial charge < -0.3 is 5.11 Å². The quantitative estimate of drug-likeness (QED) is 0.669. The Bertz CT molecular complexity index is 698. The molecule has 90 valence electrons. The van der Waals surface area contributed by atoms with Gasteiger partial charge in [0.2, 0.25) is 0 Å². The van der Waals surface area contributed by atoms with E-state index in [0.29, 0.717) is 6.42 Å². The zero-order chi connectivity index (χ0) is 12.5. The van der Waals surface area contributed by atoms with Gasteiger partial charge in [-0.15, -0.1) is 0 Å². The lowest BCUT2D eigenvalue weighted by molar-refractivity contribution is 0.196. The van der Waals surface area contributed by atoms with E-state index in [2.05, 4.69) is 54.6 Å². The van der Waals surface area contributed by atoms with E-state index in [1.54, 1.807) is 0 Å². The minimum atomic E-state index is -0.311. The first-order valence-electron chi connectivity index (χ1n) is 6.33. The number of aliphatic hydroxyl groups is 1. The van der Waals surface area contributed by atoms with Crippen LogP contribution in [0.3, 0.4) is 0 Å². The van der Waals surface area contributed by atoms with Crippen LogP contribution in [0.1, 0.15) is 12.5 Å². The maximum Gasteiger partial charge on any atom is 0.0552 e. The third-order valence-corrected chi connectivity index (χ3v) is 3.37. The van der Waals surface area contributed by atoms with Crippen molar-refractivity contribution in [1.82, 2.24) is 0 Å². The standard InChI is InChI=1S/C17H16O/c1-12(18)10-14-11-13-6-2-3-7-15(13)17-9-5-4-8-16(14)17/h2-9,11-12,18H,10H2,1H3. The van der Waals surface area contributed by atoms with Crippen molar-refractivity contribution in [3.8, 4) is 0 Å². The molecule has 1 heteroatoms. The molecule has 3 rings (SSSR count). The maximum atomic E-state index is 9.64. The largest absolute Gasteiger partial charge is 0.393 e. The highest BCUT2D eigenvalue weighted by Crippen LogP contribution is 2.29. The molecule has 0 heterocycles. The van der Waals surface area contributed by atoms with Crippen LogP contribution in [0.4, 0.5) is 0 Å². The van der Waals surface area contributed by atoms with Crippen molar-refractivity contribution in [2.75, 3.05) is 0 Å². The number of hydrogen-bond acceptors (Lipinski definition) is 1. The summed E-state index contributed by atoms with van der Waals surface area (Å²) >= 11 is 0. The molecule has 0 radical (unpaired) electrons. The monoisotopic (exact) mass is 236 g/mol. The first-order chi connectivity index (χ1) is 8.75. The SMILES string of the molecule is CC(O)Cc1cc2ccccc2c2ccccc12.